The van der Waals surface area contributed by atoms with E-state index in [0.29, 0.717) is 23.9 Å². The van der Waals surface area contributed by atoms with Crippen LogP contribution in [-0.4, -0.2) is 88.3 Å². The summed E-state index contributed by atoms with van der Waals surface area (Å²) in [5, 5.41) is 9.47. The second-order valence-electron chi connectivity index (χ2n) is 15.0. The topological polar surface area (TPSA) is 99.7 Å². The van der Waals surface area contributed by atoms with Gasteiger partial charge in [-0.05, 0) is 87.0 Å². The number of likely N-dealkylation sites (tertiary alicyclic amines) is 2. The molecule has 1 amide bonds. The molecule has 5 aromatic rings. The van der Waals surface area contributed by atoms with Crippen LogP contribution in [0.1, 0.15) is 47.9 Å². The number of ether oxygens (including phenoxy) is 2. The largest absolute Gasteiger partial charge is 0.486 e. The molecule has 0 aliphatic carbocycles. The van der Waals surface area contributed by atoms with Crippen LogP contribution in [0.15, 0.2) is 67.9 Å². The second kappa shape index (κ2) is 13.7. The van der Waals surface area contributed by atoms with E-state index in [1.54, 1.807) is 0 Å². The Morgan fingerprint density at radius 3 is 2.44 bits per heavy atom. The molecule has 0 saturated carbocycles. The number of hydrogen-bond donors (Lipinski definition) is 1. The molecule has 2 aromatic heterocycles. The molecule has 3 fully saturated rings. The number of benzene rings is 3. The van der Waals surface area contributed by atoms with E-state index in [4.69, 9.17) is 19.4 Å². The molecule has 8 rings (SSSR count). The van der Waals surface area contributed by atoms with E-state index in [2.05, 4.69) is 96.5 Å². The fourth-order valence-corrected chi connectivity index (χ4v) is 8.18. The summed E-state index contributed by atoms with van der Waals surface area (Å²) in [5.41, 5.74) is 8.04. The zero-order valence-electron chi connectivity index (χ0n) is 30.5. The zero-order chi connectivity index (χ0) is 36.0. The Bertz CT molecular complexity index is 2150. The van der Waals surface area contributed by atoms with Crippen LogP contribution < -0.4 is 14.4 Å². The zero-order valence-corrected chi connectivity index (χ0v) is 30.5. The lowest BCUT2D eigenvalue weighted by Gasteiger charge is -2.54. The van der Waals surface area contributed by atoms with Crippen molar-refractivity contribution in [1.29, 1.82) is 0 Å². The average molecular weight is 698 g/mol. The lowest BCUT2D eigenvalue weighted by Crippen LogP contribution is -2.61. The van der Waals surface area contributed by atoms with Crippen molar-refractivity contribution in [3.63, 3.8) is 0 Å². The van der Waals surface area contributed by atoms with Gasteiger partial charge in [0.15, 0.2) is 5.75 Å². The maximum atomic E-state index is 12.3. The molecule has 1 N–H and O–H groups in total. The molecule has 0 atom stereocenters. The molecule has 3 aromatic carbocycles. The van der Waals surface area contributed by atoms with Crippen LogP contribution in [0.3, 0.4) is 0 Å². The normalized spacial score (nSPS) is 17.8. The number of carbonyl (C=O) groups excluding carboxylic acids is 1. The second-order valence-corrected chi connectivity index (χ2v) is 15.0. The number of fused-ring (bicyclic) bond motifs is 2. The van der Waals surface area contributed by atoms with Crippen LogP contribution >= 0.6 is 0 Å². The average Bonchev–Trinajstić information content (AvgIpc) is 3.63. The third kappa shape index (κ3) is 6.29. The maximum absolute atomic E-state index is 12.3. The highest BCUT2D eigenvalue weighted by Gasteiger charge is 2.46. The minimum absolute atomic E-state index is 0.0119. The predicted octanol–water partition coefficient (Wildman–Crippen LogP) is 7.10. The summed E-state index contributed by atoms with van der Waals surface area (Å²) in [6, 6.07) is 15.2. The summed E-state index contributed by atoms with van der Waals surface area (Å²) >= 11 is 0. The van der Waals surface area contributed by atoms with Crippen molar-refractivity contribution in [3.05, 3.63) is 90.1 Å². The van der Waals surface area contributed by atoms with E-state index in [-0.39, 0.29) is 17.4 Å². The van der Waals surface area contributed by atoms with E-state index in [1.807, 2.05) is 17.2 Å². The molecule has 0 radical (unpaired) electrons. The Balaban J connectivity index is 1.28. The fourth-order valence-electron chi connectivity index (χ4n) is 8.18. The van der Waals surface area contributed by atoms with E-state index < -0.39 is 0 Å². The molecule has 1 spiro atoms. The third-order valence-corrected chi connectivity index (χ3v) is 11.3. The first kappa shape index (κ1) is 33.9. The Hall–Kier alpha value is -5.22. The summed E-state index contributed by atoms with van der Waals surface area (Å²) in [5.74, 6) is 1.53. The number of carbonyl (C=O) groups is 1. The number of hydrogen-bond acceptors (Lipinski definition) is 8. The molecular formula is C42H47N7O3. The van der Waals surface area contributed by atoms with Crippen molar-refractivity contribution in [2.24, 2.45) is 5.41 Å². The molecule has 3 aliphatic rings. The minimum atomic E-state index is 0.0119. The van der Waals surface area contributed by atoms with Crippen molar-refractivity contribution in [3.8, 4) is 22.9 Å². The number of rotatable bonds is 9. The molecule has 10 nitrogen and oxygen atoms in total. The molecule has 0 bridgehead atoms. The van der Waals surface area contributed by atoms with Crippen LogP contribution in [0.4, 0.5) is 5.82 Å². The first-order chi connectivity index (χ1) is 25.2. The monoisotopic (exact) mass is 697 g/mol. The number of amides is 1. The lowest BCUT2D eigenvalue weighted by molar-refractivity contribution is -0.139. The summed E-state index contributed by atoms with van der Waals surface area (Å²) < 4.78 is 13.6. The molecule has 52 heavy (non-hydrogen) atoms. The molecular weight excluding hydrogens is 651 g/mol. The summed E-state index contributed by atoms with van der Waals surface area (Å²) in [7, 11) is 2.15. The van der Waals surface area contributed by atoms with E-state index in [0.717, 1.165) is 115 Å². The van der Waals surface area contributed by atoms with Crippen LogP contribution in [0.5, 0.6) is 11.8 Å². The van der Waals surface area contributed by atoms with Gasteiger partial charge in [-0.1, -0.05) is 55.1 Å². The minimum Gasteiger partial charge on any atom is -0.486 e. The highest BCUT2D eigenvalue weighted by atomic mass is 16.5. The van der Waals surface area contributed by atoms with Gasteiger partial charge in [-0.3, -0.25) is 9.89 Å². The first-order valence-electron chi connectivity index (χ1n) is 18.4. The van der Waals surface area contributed by atoms with Crippen molar-refractivity contribution in [2.45, 2.75) is 52.2 Å². The molecule has 10 heteroatoms. The van der Waals surface area contributed by atoms with Gasteiger partial charge >= 0.3 is 6.01 Å². The van der Waals surface area contributed by atoms with Crippen LogP contribution in [0.25, 0.3) is 39.0 Å². The Morgan fingerprint density at radius 2 is 1.73 bits per heavy atom. The Kier molecular flexibility index (Phi) is 8.95. The summed E-state index contributed by atoms with van der Waals surface area (Å²) in [4.78, 5) is 29.3. The first-order valence-corrected chi connectivity index (χ1v) is 18.4. The number of nitrogens with one attached hydrogen (secondary N) is 1. The lowest BCUT2D eigenvalue weighted by atomic mass is 9.72. The number of aromatic amines is 1. The van der Waals surface area contributed by atoms with Crippen LogP contribution in [-0.2, 0) is 11.4 Å². The SMILES string of the molecule is C=CC(=O)N1CC2(CCN(c3nc(OC4CCN(C)CC4)nc4c(OCc5ccc(C)cc5)c(-c5c(C)ccc6[nH]ncc56)c(C=C)cc34)CC2)C1. The number of aromatic nitrogens is 4. The van der Waals surface area contributed by atoms with Gasteiger partial charge in [0.25, 0.3) is 0 Å². The van der Waals surface area contributed by atoms with Gasteiger partial charge < -0.3 is 24.2 Å². The molecule has 3 aliphatic heterocycles. The smallest absolute Gasteiger partial charge is 0.319 e. The van der Waals surface area contributed by atoms with Crippen molar-refractivity contribution in [1.82, 2.24) is 30.0 Å². The van der Waals surface area contributed by atoms with Gasteiger partial charge in [0.05, 0.1) is 11.7 Å². The highest BCUT2D eigenvalue weighted by molar-refractivity contribution is 6.07. The number of piperidine rings is 2. The van der Waals surface area contributed by atoms with Gasteiger partial charge in [-0.15, -0.1) is 0 Å². The van der Waals surface area contributed by atoms with Crippen LogP contribution in [0.2, 0.25) is 0 Å². The van der Waals surface area contributed by atoms with Gasteiger partial charge in [0, 0.05) is 61.0 Å². The molecule has 3 saturated heterocycles. The molecule has 5 heterocycles. The fraction of sp³-hybridized carbons (Fsp3) is 0.381. The van der Waals surface area contributed by atoms with Gasteiger partial charge in [0.1, 0.15) is 24.0 Å². The molecule has 268 valence electrons. The number of nitrogens with zero attached hydrogens (tertiary/aromatic N) is 6. The highest BCUT2D eigenvalue weighted by Crippen LogP contribution is 2.48. The van der Waals surface area contributed by atoms with E-state index >= 15 is 0 Å². The number of anilines is 1. The van der Waals surface area contributed by atoms with Gasteiger partial charge in [-0.2, -0.15) is 15.1 Å². The summed E-state index contributed by atoms with van der Waals surface area (Å²) in [6.45, 7) is 17.7. The predicted molar refractivity (Wildman–Crippen MR) is 207 cm³/mol. The molecule has 0 unspecified atom stereocenters. The Labute approximate surface area is 305 Å². The van der Waals surface area contributed by atoms with Crippen LogP contribution in [0, 0.1) is 19.3 Å². The van der Waals surface area contributed by atoms with Crippen molar-refractivity contribution >= 4 is 39.6 Å². The van der Waals surface area contributed by atoms with E-state index in [1.165, 1.54) is 11.6 Å². The summed E-state index contributed by atoms with van der Waals surface area (Å²) in [6.07, 6.45) is 9.00. The standard InChI is InChI=1S/C42H47N7O3/c1-6-30-22-32-38(39(51-24-29-11-8-27(3)9-12-29)37(30)36-28(4)10-13-34-33(36)23-43-46-34)44-41(52-31-14-18-47(5)19-15-31)45-40(32)48-20-16-42(17-21-48)25-49(26-42)35(50)7-2/h6-13,22-23,31H,1-2,14-21,24-26H2,3-5H3,(H,43,46). The number of aryl methyl sites for hydroxylation is 2. The van der Waals surface area contributed by atoms with Gasteiger partial charge in [0.2, 0.25) is 5.91 Å². The van der Waals surface area contributed by atoms with Gasteiger partial charge in [-0.25, -0.2) is 0 Å². The maximum Gasteiger partial charge on any atom is 0.319 e. The number of H-pyrrole nitrogens is 1. The third-order valence-electron chi connectivity index (χ3n) is 11.3. The van der Waals surface area contributed by atoms with Crippen molar-refractivity contribution in [2.75, 3.05) is 51.2 Å². The Morgan fingerprint density at radius 1 is 0.981 bits per heavy atom. The quantitative estimate of drug-likeness (QED) is 0.163. The van der Waals surface area contributed by atoms with Crippen molar-refractivity contribution < 1.29 is 14.3 Å². The van der Waals surface area contributed by atoms with E-state index in [9.17, 15) is 4.79 Å².